The third-order valence-corrected chi connectivity index (χ3v) is 4.20. The van der Waals surface area contributed by atoms with Gasteiger partial charge in [-0.1, -0.05) is 35.9 Å². The van der Waals surface area contributed by atoms with Gasteiger partial charge < -0.3 is 0 Å². The predicted molar refractivity (Wildman–Crippen MR) is 82.6 cm³/mol. The van der Waals surface area contributed by atoms with Gasteiger partial charge in [-0.3, -0.25) is 4.79 Å². The third-order valence-electron chi connectivity index (χ3n) is 3.95. The molecule has 1 nitrogen and oxygen atoms in total. The summed E-state index contributed by atoms with van der Waals surface area (Å²) < 4.78 is 0. The Kier molecular flexibility index (Phi) is 3.88. The maximum atomic E-state index is 12.4. The Morgan fingerprint density at radius 1 is 0.950 bits per heavy atom. The van der Waals surface area contributed by atoms with Gasteiger partial charge in [0.25, 0.3) is 0 Å². The van der Waals surface area contributed by atoms with E-state index in [0.717, 1.165) is 24.0 Å². The fraction of sp³-hybridized carbons (Fsp3) is 0.278. The summed E-state index contributed by atoms with van der Waals surface area (Å²) in [4.78, 5) is 12.4. The van der Waals surface area contributed by atoms with Crippen molar-refractivity contribution >= 4 is 17.4 Å². The molecule has 2 aromatic carbocycles. The number of ketones is 1. The highest BCUT2D eigenvalue weighted by Crippen LogP contribution is 2.23. The highest BCUT2D eigenvalue weighted by Gasteiger charge is 2.13. The molecule has 0 heterocycles. The van der Waals surface area contributed by atoms with Crippen LogP contribution >= 0.6 is 11.6 Å². The molecule has 3 rings (SSSR count). The Balaban J connectivity index is 1.78. The lowest BCUT2D eigenvalue weighted by atomic mass is 9.89. The summed E-state index contributed by atoms with van der Waals surface area (Å²) in [6.07, 6.45) is 5.21. The largest absolute Gasteiger partial charge is 0.294 e. The molecule has 0 aromatic heterocycles. The van der Waals surface area contributed by atoms with Crippen LogP contribution in [0.1, 0.15) is 39.9 Å². The predicted octanol–water partition coefficient (Wildman–Crippen LogP) is 4.64. The minimum absolute atomic E-state index is 0.181. The molecule has 0 bridgehead atoms. The van der Waals surface area contributed by atoms with Crippen LogP contribution in [0.3, 0.4) is 0 Å². The van der Waals surface area contributed by atoms with Crippen LogP contribution in [0, 0.1) is 0 Å². The van der Waals surface area contributed by atoms with Gasteiger partial charge in [-0.2, -0.15) is 0 Å². The lowest BCUT2D eigenvalue weighted by Gasteiger charge is -2.16. The van der Waals surface area contributed by atoms with Gasteiger partial charge in [-0.25, -0.2) is 0 Å². The Bertz CT molecular complexity index is 628. The molecular formula is C18H17ClO. The lowest BCUT2D eigenvalue weighted by Crippen LogP contribution is -2.08. The summed E-state index contributed by atoms with van der Waals surface area (Å²) in [6, 6.07) is 13.7. The molecular weight excluding hydrogens is 268 g/mol. The zero-order valence-corrected chi connectivity index (χ0v) is 12.1. The topological polar surface area (TPSA) is 17.1 Å². The molecule has 0 aliphatic heterocycles. The van der Waals surface area contributed by atoms with Gasteiger partial charge in [-0.15, -0.1) is 0 Å². The summed E-state index contributed by atoms with van der Waals surface area (Å²) in [6.45, 7) is 0. The number of fused-ring (bicyclic) bond motifs is 1. The van der Waals surface area contributed by atoms with Crippen LogP contribution in [0.25, 0.3) is 0 Å². The fourth-order valence-corrected chi connectivity index (χ4v) is 2.92. The van der Waals surface area contributed by atoms with Crippen molar-refractivity contribution in [2.45, 2.75) is 32.1 Å². The van der Waals surface area contributed by atoms with E-state index < -0.39 is 0 Å². The van der Waals surface area contributed by atoms with Crippen molar-refractivity contribution in [3.63, 3.8) is 0 Å². The van der Waals surface area contributed by atoms with Crippen LogP contribution in [0.15, 0.2) is 42.5 Å². The van der Waals surface area contributed by atoms with Crippen LogP contribution < -0.4 is 0 Å². The Labute approximate surface area is 124 Å². The van der Waals surface area contributed by atoms with E-state index >= 15 is 0 Å². The van der Waals surface area contributed by atoms with E-state index in [-0.39, 0.29) is 5.78 Å². The molecule has 0 amide bonds. The number of benzene rings is 2. The summed E-state index contributed by atoms with van der Waals surface area (Å²) >= 11 is 5.86. The zero-order chi connectivity index (χ0) is 13.9. The van der Waals surface area contributed by atoms with Crippen molar-refractivity contribution < 1.29 is 4.79 Å². The second-order valence-corrected chi connectivity index (χ2v) is 5.85. The molecule has 0 atom stereocenters. The van der Waals surface area contributed by atoms with Crippen molar-refractivity contribution in [1.29, 1.82) is 0 Å². The van der Waals surface area contributed by atoms with Gasteiger partial charge in [0, 0.05) is 17.0 Å². The average Bonchev–Trinajstić information content (AvgIpc) is 2.49. The number of halogens is 1. The molecule has 0 saturated heterocycles. The summed E-state index contributed by atoms with van der Waals surface area (Å²) in [7, 11) is 0. The monoisotopic (exact) mass is 284 g/mol. The normalized spacial score (nSPS) is 13.8. The molecule has 1 aliphatic rings. The number of rotatable bonds is 3. The standard InChI is InChI=1S/C18H17ClO/c19-17-9-5-13(6-10-17)11-18(20)16-8-7-14-3-1-2-4-15(14)12-16/h5-10,12H,1-4,11H2. The number of hydrogen-bond acceptors (Lipinski definition) is 1. The molecule has 20 heavy (non-hydrogen) atoms. The fourth-order valence-electron chi connectivity index (χ4n) is 2.80. The van der Waals surface area contributed by atoms with Gasteiger partial charge in [0.15, 0.2) is 5.78 Å². The number of Topliss-reactive ketones (excluding diaryl/α,β-unsaturated/α-hetero) is 1. The van der Waals surface area contributed by atoms with Gasteiger partial charge in [0.2, 0.25) is 0 Å². The van der Waals surface area contributed by atoms with E-state index in [1.807, 2.05) is 30.3 Å². The molecule has 0 saturated carbocycles. The zero-order valence-electron chi connectivity index (χ0n) is 11.4. The van der Waals surface area contributed by atoms with Crippen molar-refractivity contribution in [2.24, 2.45) is 0 Å². The van der Waals surface area contributed by atoms with Crippen LogP contribution in [0.4, 0.5) is 0 Å². The van der Waals surface area contributed by atoms with Crippen LogP contribution in [0.2, 0.25) is 5.02 Å². The van der Waals surface area contributed by atoms with Crippen LogP contribution in [-0.2, 0) is 19.3 Å². The second-order valence-electron chi connectivity index (χ2n) is 5.42. The van der Waals surface area contributed by atoms with Gasteiger partial charge in [0.05, 0.1) is 0 Å². The molecule has 0 radical (unpaired) electrons. The average molecular weight is 285 g/mol. The number of carbonyl (C=O) groups excluding carboxylic acids is 1. The van der Waals surface area contributed by atoms with Gasteiger partial charge >= 0.3 is 0 Å². The number of aryl methyl sites for hydroxylation is 2. The summed E-state index contributed by atoms with van der Waals surface area (Å²) in [5.74, 6) is 0.181. The molecule has 0 unspecified atom stereocenters. The third kappa shape index (κ3) is 2.94. The van der Waals surface area contributed by atoms with Crippen molar-refractivity contribution in [2.75, 3.05) is 0 Å². The lowest BCUT2D eigenvalue weighted by molar-refractivity contribution is 0.0993. The van der Waals surface area contributed by atoms with E-state index in [4.69, 9.17) is 11.6 Å². The van der Waals surface area contributed by atoms with E-state index in [1.54, 1.807) is 0 Å². The van der Waals surface area contributed by atoms with Crippen LogP contribution in [0.5, 0.6) is 0 Å². The van der Waals surface area contributed by atoms with E-state index in [1.165, 1.54) is 24.0 Å². The first-order chi connectivity index (χ1) is 9.72. The first-order valence-corrected chi connectivity index (χ1v) is 7.49. The summed E-state index contributed by atoms with van der Waals surface area (Å²) in [5, 5.41) is 0.704. The van der Waals surface area contributed by atoms with E-state index in [9.17, 15) is 4.79 Å². The van der Waals surface area contributed by atoms with Crippen molar-refractivity contribution in [3.8, 4) is 0 Å². The van der Waals surface area contributed by atoms with E-state index in [2.05, 4.69) is 12.1 Å². The van der Waals surface area contributed by atoms with Crippen molar-refractivity contribution in [3.05, 3.63) is 69.7 Å². The number of hydrogen-bond donors (Lipinski definition) is 0. The van der Waals surface area contributed by atoms with Crippen molar-refractivity contribution in [1.82, 2.24) is 0 Å². The number of carbonyl (C=O) groups is 1. The molecule has 0 N–H and O–H groups in total. The minimum atomic E-state index is 0.181. The minimum Gasteiger partial charge on any atom is -0.294 e. The smallest absolute Gasteiger partial charge is 0.167 e. The Hall–Kier alpha value is -1.60. The SMILES string of the molecule is O=C(Cc1ccc(Cl)cc1)c1ccc2c(c1)CCCC2. The Morgan fingerprint density at radius 2 is 1.65 bits per heavy atom. The highest BCUT2D eigenvalue weighted by molar-refractivity contribution is 6.30. The molecule has 2 aromatic rings. The molecule has 1 aliphatic carbocycles. The maximum Gasteiger partial charge on any atom is 0.167 e. The quantitative estimate of drug-likeness (QED) is 0.750. The molecule has 102 valence electrons. The van der Waals surface area contributed by atoms with E-state index in [0.29, 0.717) is 11.4 Å². The molecule has 0 spiro atoms. The highest BCUT2D eigenvalue weighted by atomic mass is 35.5. The summed E-state index contributed by atoms with van der Waals surface area (Å²) in [5.41, 5.74) is 4.62. The van der Waals surface area contributed by atoms with Gasteiger partial charge in [0.1, 0.15) is 0 Å². The molecule has 0 fully saturated rings. The first-order valence-electron chi connectivity index (χ1n) is 7.12. The first kappa shape index (κ1) is 13.4. The second kappa shape index (κ2) is 5.80. The van der Waals surface area contributed by atoms with Crippen LogP contribution in [-0.4, -0.2) is 5.78 Å². The Morgan fingerprint density at radius 3 is 2.40 bits per heavy atom. The van der Waals surface area contributed by atoms with Gasteiger partial charge in [-0.05, 0) is 60.6 Å². The maximum absolute atomic E-state index is 12.4. The molecule has 2 heteroatoms.